The molecule has 1 atom stereocenters. The average molecular weight is 306 g/mol. The largest absolute Gasteiger partial charge is 0.453 e. The van der Waals surface area contributed by atoms with Crippen molar-refractivity contribution in [2.24, 2.45) is 0 Å². The molecule has 0 radical (unpaired) electrons. The molecule has 2 rings (SSSR count). The van der Waals surface area contributed by atoms with E-state index in [1.807, 2.05) is 45.0 Å². The summed E-state index contributed by atoms with van der Waals surface area (Å²) in [4.78, 5) is 25.4. The highest BCUT2D eigenvalue weighted by Crippen LogP contribution is 2.28. The zero-order chi connectivity index (χ0) is 16.3. The highest BCUT2D eigenvalue weighted by Gasteiger charge is 2.32. The molecular weight excluding hydrogens is 284 g/mol. The number of anilines is 1. The highest BCUT2D eigenvalue weighted by atomic mass is 16.6. The van der Waals surface area contributed by atoms with E-state index in [1.165, 1.54) is 7.11 Å². The third-order valence-corrected chi connectivity index (χ3v) is 3.27. The number of alkyl carbamates (subject to hydrolysis) is 1. The Morgan fingerprint density at radius 1 is 1.27 bits per heavy atom. The predicted octanol–water partition coefficient (Wildman–Crippen LogP) is 2.71. The lowest BCUT2D eigenvalue weighted by molar-refractivity contribution is 0.0572. The van der Waals surface area contributed by atoms with Crippen LogP contribution >= 0.6 is 0 Å². The van der Waals surface area contributed by atoms with E-state index in [0.29, 0.717) is 13.0 Å². The number of nitrogens with zero attached hydrogens (tertiary/aromatic N) is 1. The van der Waals surface area contributed by atoms with Crippen LogP contribution in [0.4, 0.5) is 15.3 Å². The normalized spacial score (nSPS) is 17.5. The molecule has 0 bridgehead atoms. The van der Waals surface area contributed by atoms with Crippen molar-refractivity contribution in [3.05, 3.63) is 29.8 Å². The fourth-order valence-electron chi connectivity index (χ4n) is 2.41. The number of rotatable bonds is 1. The van der Waals surface area contributed by atoms with Gasteiger partial charge in [-0.15, -0.1) is 0 Å². The zero-order valence-corrected chi connectivity index (χ0v) is 13.4. The molecule has 0 spiro atoms. The smallest absolute Gasteiger partial charge is 0.414 e. The average Bonchev–Trinajstić information content (AvgIpc) is 2.44. The van der Waals surface area contributed by atoms with Crippen LogP contribution in [0, 0.1) is 0 Å². The first kappa shape index (κ1) is 16.1. The van der Waals surface area contributed by atoms with Crippen LogP contribution in [0.25, 0.3) is 0 Å². The zero-order valence-electron chi connectivity index (χ0n) is 13.4. The predicted molar refractivity (Wildman–Crippen MR) is 83.1 cm³/mol. The summed E-state index contributed by atoms with van der Waals surface area (Å²) in [5, 5.41) is 2.75. The number of para-hydroxylation sites is 1. The Balaban J connectivity index is 2.23. The number of carbonyl (C=O) groups excluding carboxylic acids is 2. The molecule has 6 heteroatoms. The number of ether oxygens (including phenoxy) is 2. The summed E-state index contributed by atoms with van der Waals surface area (Å²) in [6.07, 6.45) is -0.283. The van der Waals surface area contributed by atoms with Gasteiger partial charge in [-0.25, -0.2) is 9.59 Å². The van der Waals surface area contributed by atoms with E-state index in [9.17, 15) is 9.59 Å². The van der Waals surface area contributed by atoms with Gasteiger partial charge in [-0.05, 0) is 38.8 Å². The maximum atomic E-state index is 12.4. The lowest BCUT2D eigenvalue weighted by Crippen LogP contribution is -2.51. The van der Waals surface area contributed by atoms with Gasteiger partial charge in [0, 0.05) is 6.54 Å². The molecule has 0 aromatic heterocycles. The van der Waals surface area contributed by atoms with Gasteiger partial charge in [0.2, 0.25) is 0 Å². The fraction of sp³-hybridized carbons (Fsp3) is 0.500. The molecule has 6 nitrogen and oxygen atoms in total. The van der Waals surface area contributed by atoms with Gasteiger partial charge in [-0.2, -0.15) is 0 Å². The van der Waals surface area contributed by atoms with Gasteiger partial charge in [0.05, 0.1) is 18.8 Å². The summed E-state index contributed by atoms with van der Waals surface area (Å²) in [7, 11) is 1.32. The molecule has 22 heavy (non-hydrogen) atoms. The van der Waals surface area contributed by atoms with E-state index in [4.69, 9.17) is 4.74 Å². The summed E-state index contributed by atoms with van der Waals surface area (Å²) in [6, 6.07) is 7.40. The van der Waals surface area contributed by atoms with Gasteiger partial charge < -0.3 is 14.8 Å². The fourth-order valence-corrected chi connectivity index (χ4v) is 2.41. The first-order valence-corrected chi connectivity index (χ1v) is 7.23. The van der Waals surface area contributed by atoms with Crippen LogP contribution in [0.15, 0.2) is 24.3 Å². The standard InChI is InChI=1S/C16H22N2O4/c1-16(2,3)22-15(20)18-10-12(17-14(19)21-4)9-11-7-5-6-8-13(11)18/h5-8,12H,9-10H2,1-4H3,(H,17,19)/t12-/m0/s1. The molecule has 1 aromatic rings. The Bertz CT molecular complexity index is 566. The molecule has 0 saturated heterocycles. The number of benzene rings is 1. The SMILES string of the molecule is COC(=O)N[C@H]1Cc2ccccc2N(C(=O)OC(C)(C)C)C1. The second-order valence-corrected chi connectivity index (χ2v) is 6.26. The first-order chi connectivity index (χ1) is 10.3. The number of carbonyl (C=O) groups is 2. The van der Waals surface area contributed by atoms with Crippen molar-refractivity contribution in [3.8, 4) is 0 Å². The van der Waals surface area contributed by atoms with Crippen LogP contribution in [-0.2, 0) is 15.9 Å². The van der Waals surface area contributed by atoms with Gasteiger partial charge in [-0.3, -0.25) is 4.90 Å². The van der Waals surface area contributed by atoms with Gasteiger partial charge in [0.1, 0.15) is 5.60 Å². The molecule has 0 saturated carbocycles. The highest BCUT2D eigenvalue weighted by molar-refractivity contribution is 5.90. The van der Waals surface area contributed by atoms with Gasteiger partial charge in [0.15, 0.2) is 0 Å². The Kier molecular flexibility index (Phi) is 4.59. The number of nitrogens with one attached hydrogen (secondary N) is 1. The monoisotopic (exact) mass is 306 g/mol. The molecule has 1 aliphatic rings. The van der Waals surface area contributed by atoms with E-state index in [2.05, 4.69) is 10.1 Å². The minimum Gasteiger partial charge on any atom is -0.453 e. The Labute approximate surface area is 130 Å². The topological polar surface area (TPSA) is 67.9 Å². The maximum Gasteiger partial charge on any atom is 0.414 e. The number of methoxy groups -OCH3 is 1. The molecular formula is C16H22N2O4. The second kappa shape index (κ2) is 6.25. The number of hydrogen-bond donors (Lipinski definition) is 1. The van der Waals surface area contributed by atoms with Crippen LogP contribution in [-0.4, -0.2) is 37.5 Å². The summed E-state index contributed by atoms with van der Waals surface area (Å²) >= 11 is 0. The van der Waals surface area contributed by atoms with Crippen molar-refractivity contribution >= 4 is 17.9 Å². The molecule has 0 fully saturated rings. The number of amides is 2. The Morgan fingerprint density at radius 2 is 1.95 bits per heavy atom. The lowest BCUT2D eigenvalue weighted by atomic mass is 9.98. The molecule has 0 unspecified atom stereocenters. The molecule has 1 N–H and O–H groups in total. The van der Waals surface area contributed by atoms with E-state index in [0.717, 1.165) is 11.3 Å². The van der Waals surface area contributed by atoms with E-state index in [1.54, 1.807) is 4.90 Å². The first-order valence-electron chi connectivity index (χ1n) is 7.23. The maximum absolute atomic E-state index is 12.4. The molecule has 0 aliphatic carbocycles. The summed E-state index contributed by atoms with van der Waals surface area (Å²) < 4.78 is 10.1. The van der Waals surface area contributed by atoms with Crippen molar-refractivity contribution in [1.29, 1.82) is 0 Å². The molecule has 120 valence electrons. The minimum absolute atomic E-state index is 0.213. The van der Waals surface area contributed by atoms with Crippen molar-refractivity contribution in [2.75, 3.05) is 18.6 Å². The summed E-state index contributed by atoms with van der Waals surface area (Å²) in [6.45, 7) is 5.82. The van der Waals surface area contributed by atoms with Gasteiger partial charge >= 0.3 is 12.2 Å². The molecule has 1 aliphatic heterocycles. The Hall–Kier alpha value is -2.24. The van der Waals surface area contributed by atoms with Crippen LogP contribution < -0.4 is 10.2 Å². The lowest BCUT2D eigenvalue weighted by Gasteiger charge is -2.35. The van der Waals surface area contributed by atoms with E-state index in [-0.39, 0.29) is 6.04 Å². The third kappa shape index (κ3) is 3.90. The second-order valence-electron chi connectivity index (χ2n) is 6.26. The van der Waals surface area contributed by atoms with Crippen LogP contribution in [0.1, 0.15) is 26.3 Å². The van der Waals surface area contributed by atoms with Crippen LogP contribution in [0.5, 0.6) is 0 Å². The van der Waals surface area contributed by atoms with Crippen molar-refractivity contribution < 1.29 is 19.1 Å². The van der Waals surface area contributed by atoms with Crippen LogP contribution in [0.2, 0.25) is 0 Å². The Morgan fingerprint density at radius 3 is 2.59 bits per heavy atom. The third-order valence-electron chi connectivity index (χ3n) is 3.27. The number of hydrogen-bond acceptors (Lipinski definition) is 4. The van der Waals surface area contributed by atoms with Gasteiger partial charge in [-0.1, -0.05) is 18.2 Å². The van der Waals surface area contributed by atoms with Crippen molar-refractivity contribution in [3.63, 3.8) is 0 Å². The summed E-state index contributed by atoms with van der Waals surface area (Å²) in [5.41, 5.74) is 1.23. The van der Waals surface area contributed by atoms with Crippen molar-refractivity contribution in [2.45, 2.75) is 38.8 Å². The minimum atomic E-state index is -0.575. The van der Waals surface area contributed by atoms with E-state index < -0.39 is 17.8 Å². The summed E-state index contributed by atoms with van der Waals surface area (Å²) in [5.74, 6) is 0. The molecule has 2 amide bonds. The van der Waals surface area contributed by atoms with Gasteiger partial charge in [0.25, 0.3) is 0 Å². The molecule has 1 aromatic carbocycles. The van der Waals surface area contributed by atoms with Crippen molar-refractivity contribution in [1.82, 2.24) is 5.32 Å². The number of fused-ring (bicyclic) bond motifs is 1. The quantitative estimate of drug-likeness (QED) is 0.866. The van der Waals surface area contributed by atoms with Crippen LogP contribution in [0.3, 0.4) is 0 Å². The molecule has 1 heterocycles. The van der Waals surface area contributed by atoms with E-state index >= 15 is 0 Å².